The summed E-state index contributed by atoms with van der Waals surface area (Å²) < 4.78 is 30.5. The maximum absolute atomic E-state index is 14.1. The molecular weight excluding hydrogens is 507 g/mol. The SMILES string of the molecule is COc1cc([C@@H](C(=O)NC2CCCCC2)N(C(=O)Cc2cccs2)c2ccc(F)cc2)cc(OC)c1OC. The van der Waals surface area contributed by atoms with Crippen molar-refractivity contribution < 1.29 is 28.2 Å². The second-order valence-electron chi connectivity index (χ2n) is 9.20. The van der Waals surface area contributed by atoms with Crippen molar-refractivity contribution >= 4 is 28.8 Å². The number of hydrogen-bond donors (Lipinski definition) is 1. The molecule has 1 aliphatic rings. The van der Waals surface area contributed by atoms with Crippen LogP contribution < -0.4 is 24.4 Å². The third-order valence-electron chi connectivity index (χ3n) is 6.74. The van der Waals surface area contributed by atoms with Gasteiger partial charge in [-0.1, -0.05) is 25.3 Å². The van der Waals surface area contributed by atoms with Crippen LogP contribution >= 0.6 is 11.3 Å². The molecule has 1 saturated carbocycles. The Labute approximate surface area is 226 Å². The largest absolute Gasteiger partial charge is 0.493 e. The molecule has 1 atom stereocenters. The monoisotopic (exact) mass is 540 g/mol. The van der Waals surface area contributed by atoms with Crippen LogP contribution in [0.4, 0.5) is 10.1 Å². The van der Waals surface area contributed by atoms with Gasteiger partial charge in [-0.2, -0.15) is 0 Å². The fourth-order valence-electron chi connectivity index (χ4n) is 4.89. The molecule has 1 N–H and O–H groups in total. The number of anilines is 1. The molecule has 2 aromatic carbocycles. The van der Waals surface area contributed by atoms with Crippen LogP contribution in [0.15, 0.2) is 53.9 Å². The number of thiophene rings is 1. The van der Waals surface area contributed by atoms with Crippen LogP contribution in [-0.2, 0) is 16.0 Å². The Balaban J connectivity index is 1.84. The number of rotatable bonds is 10. The first-order valence-corrected chi connectivity index (χ1v) is 13.5. The molecule has 1 fully saturated rings. The highest BCUT2D eigenvalue weighted by atomic mass is 32.1. The zero-order valence-corrected chi connectivity index (χ0v) is 22.7. The predicted molar refractivity (Wildman–Crippen MR) is 146 cm³/mol. The van der Waals surface area contributed by atoms with Crippen molar-refractivity contribution in [2.24, 2.45) is 0 Å². The summed E-state index contributed by atoms with van der Waals surface area (Å²) in [6.45, 7) is 0. The second-order valence-corrected chi connectivity index (χ2v) is 10.2. The van der Waals surface area contributed by atoms with Gasteiger partial charge in [0.2, 0.25) is 17.6 Å². The van der Waals surface area contributed by atoms with E-state index in [4.69, 9.17) is 14.2 Å². The van der Waals surface area contributed by atoms with E-state index in [1.54, 1.807) is 12.1 Å². The van der Waals surface area contributed by atoms with Crippen LogP contribution in [0.5, 0.6) is 17.2 Å². The first-order valence-electron chi connectivity index (χ1n) is 12.7. The molecule has 7 nitrogen and oxygen atoms in total. The number of nitrogens with zero attached hydrogens (tertiary/aromatic N) is 1. The van der Waals surface area contributed by atoms with E-state index in [9.17, 15) is 14.0 Å². The Hall–Kier alpha value is -3.59. The van der Waals surface area contributed by atoms with Crippen molar-refractivity contribution in [3.63, 3.8) is 0 Å². The lowest BCUT2D eigenvalue weighted by atomic mass is 9.94. The van der Waals surface area contributed by atoms with Gasteiger partial charge in [-0.3, -0.25) is 14.5 Å². The molecule has 0 spiro atoms. The van der Waals surface area contributed by atoms with Gasteiger partial charge in [0.1, 0.15) is 11.9 Å². The van der Waals surface area contributed by atoms with Gasteiger partial charge in [0, 0.05) is 16.6 Å². The minimum absolute atomic E-state index is 0.0169. The molecule has 1 aliphatic carbocycles. The highest BCUT2D eigenvalue weighted by molar-refractivity contribution is 7.10. The molecule has 1 heterocycles. The second kappa shape index (κ2) is 12.8. The average molecular weight is 541 g/mol. The lowest BCUT2D eigenvalue weighted by Gasteiger charge is -2.34. The summed E-state index contributed by atoms with van der Waals surface area (Å²) in [4.78, 5) is 30.3. The summed E-state index contributed by atoms with van der Waals surface area (Å²) in [7, 11) is 4.50. The highest BCUT2D eigenvalue weighted by Gasteiger charge is 2.35. The van der Waals surface area contributed by atoms with Gasteiger partial charge in [-0.05, 0) is 66.2 Å². The fraction of sp³-hybridized carbons (Fsp3) is 0.379. The predicted octanol–water partition coefficient (Wildman–Crippen LogP) is 5.68. The summed E-state index contributed by atoms with van der Waals surface area (Å²) in [5.74, 6) is 0.0506. The molecule has 4 rings (SSSR count). The van der Waals surface area contributed by atoms with Crippen molar-refractivity contribution in [2.75, 3.05) is 26.2 Å². The normalized spacial score (nSPS) is 14.4. The number of hydrogen-bond acceptors (Lipinski definition) is 6. The first kappa shape index (κ1) is 27.4. The summed E-state index contributed by atoms with van der Waals surface area (Å²) in [6, 6.07) is 11.7. The molecule has 202 valence electrons. The zero-order valence-electron chi connectivity index (χ0n) is 21.9. The van der Waals surface area contributed by atoms with Crippen molar-refractivity contribution in [2.45, 2.75) is 50.6 Å². The molecule has 0 aliphatic heterocycles. The highest BCUT2D eigenvalue weighted by Crippen LogP contribution is 2.42. The fourth-order valence-corrected chi connectivity index (χ4v) is 5.59. The van der Waals surface area contributed by atoms with Crippen LogP contribution in [0, 0.1) is 5.82 Å². The van der Waals surface area contributed by atoms with E-state index in [2.05, 4.69) is 5.32 Å². The van der Waals surface area contributed by atoms with E-state index in [0.29, 0.717) is 28.5 Å². The van der Waals surface area contributed by atoms with Gasteiger partial charge in [-0.25, -0.2) is 4.39 Å². The van der Waals surface area contributed by atoms with Crippen LogP contribution in [0.2, 0.25) is 0 Å². The summed E-state index contributed by atoms with van der Waals surface area (Å²) in [5.41, 5.74) is 0.891. The minimum Gasteiger partial charge on any atom is -0.493 e. The number of nitrogens with one attached hydrogen (secondary N) is 1. The third-order valence-corrected chi connectivity index (χ3v) is 7.62. The molecule has 1 aromatic heterocycles. The molecule has 9 heteroatoms. The topological polar surface area (TPSA) is 77.1 Å². The van der Waals surface area contributed by atoms with Crippen molar-refractivity contribution in [3.05, 3.63) is 70.2 Å². The Kier molecular flexibility index (Phi) is 9.23. The Morgan fingerprint density at radius 2 is 1.66 bits per heavy atom. The molecule has 0 saturated heterocycles. The van der Waals surface area contributed by atoms with Crippen molar-refractivity contribution in [1.29, 1.82) is 0 Å². The molecule has 0 radical (unpaired) electrons. The van der Waals surface area contributed by atoms with Gasteiger partial charge in [0.15, 0.2) is 11.5 Å². The number of ether oxygens (including phenoxy) is 3. The number of halogens is 1. The summed E-state index contributed by atoms with van der Waals surface area (Å²) >= 11 is 1.46. The smallest absolute Gasteiger partial charge is 0.248 e. The third kappa shape index (κ3) is 6.27. The van der Waals surface area contributed by atoms with Crippen molar-refractivity contribution in [3.8, 4) is 17.2 Å². The molecule has 3 aromatic rings. The van der Waals surface area contributed by atoms with Gasteiger partial charge in [0.25, 0.3) is 0 Å². The standard InChI is InChI=1S/C29H33FN2O5S/c1-35-24-16-19(17-25(36-2)28(24)37-3)27(29(34)31-21-8-5-4-6-9-21)32(22-13-11-20(30)12-14-22)26(33)18-23-10-7-15-38-23/h7,10-17,21,27H,4-6,8-9,18H2,1-3H3,(H,31,34)/t27-/m0/s1. The quantitative estimate of drug-likeness (QED) is 0.358. The lowest BCUT2D eigenvalue weighted by molar-refractivity contribution is -0.127. The number of methoxy groups -OCH3 is 3. The van der Waals surface area contributed by atoms with Gasteiger partial charge in [-0.15, -0.1) is 11.3 Å². The number of carbonyl (C=O) groups is 2. The zero-order chi connectivity index (χ0) is 27.1. The number of benzene rings is 2. The van der Waals surface area contributed by atoms with Gasteiger partial charge >= 0.3 is 0 Å². The Bertz CT molecular complexity index is 1200. The van der Waals surface area contributed by atoms with E-state index in [1.165, 1.54) is 61.8 Å². The van der Waals surface area contributed by atoms with E-state index in [1.807, 2.05) is 17.5 Å². The van der Waals surface area contributed by atoms with Gasteiger partial charge < -0.3 is 19.5 Å². The molecular formula is C29H33FN2O5S. The lowest BCUT2D eigenvalue weighted by Crippen LogP contribution is -2.47. The maximum atomic E-state index is 14.1. The summed E-state index contributed by atoms with van der Waals surface area (Å²) in [6.07, 6.45) is 5.08. The summed E-state index contributed by atoms with van der Waals surface area (Å²) in [5, 5.41) is 5.08. The number of carbonyl (C=O) groups excluding carboxylic acids is 2. The minimum atomic E-state index is -1.07. The Morgan fingerprint density at radius 3 is 2.21 bits per heavy atom. The van der Waals surface area contributed by atoms with E-state index < -0.39 is 11.9 Å². The molecule has 2 amide bonds. The Morgan fingerprint density at radius 1 is 1.00 bits per heavy atom. The van der Waals surface area contributed by atoms with Crippen LogP contribution in [0.25, 0.3) is 0 Å². The average Bonchev–Trinajstić information content (AvgIpc) is 3.44. The van der Waals surface area contributed by atoms with E-state index in [-0.39, 0.29) is 24.3 Å². The number of amides is 2. The van der Waals surface area contributed by atoms with Crippen LogP contribution in [0.3, 0.4) is 0 Å². The van der Waals surface area contributed by atoms with Crippen LogP contribution in [0.1, 0.15) is 48.6 Å². The molecule has 38 heavy (non-hydrogen) atoms. The van der Waals surface area contributed by atoms with Crippen LogP contribution in [-0.4, -0.2) is 39.2 Å². The molecule has 0 bridgehead atoms. The van der Waals surface area contributed by atoms with Crippen molar-refractivity contribution in [1.82, 2.24) is 5.32 Å². The first-order chi connectivity index (χ1) is 18.4. The molecule has 0 unspecified atom stereocenters. The van der Waals surface area contributed by atoms with E-state index >= 15 is 0 Å². The van der Waals surface area contributed by atoms with E-state index in [0.717, 1.165) is 37.0 Å². The maximum Gasteiger partial charge on any atom is 0.248 e. The van der Waals surface area contributed by atoms with Gasteiger partial charge in [0.05, 0.1) is 27.8 Å².